The first kappa shape index (κ1) is 12.0. The SMILES string of the molecule is C/C=C/C(C)Cc1ccc(C(C)C)cc1. The van der Waals surface area contributed by atoms with Crippen molar-refractivity contribution in [2.75, 3.05) is 0 Å². The molecule has 0 fully saturated rings. The molecular formula is C15H22. The highest BCUT2D eigenvalue weighted by Crippen LogP contribution is 2.16. The highest BCUT2D eigenvalue weighted by molar-refractivity contribution is 5.25. The van der Waals surface area contributed by atoms with Gasteiger partial charge in [-0.25, -0.2) is 0 Å². The lowest BCUT2D eigenvalue weighted by Crippen LogP contribution is -1.96. The van der Waals surface area contributed by atoms with E-state index in [1.54, 1.807) is 0 Å². The van der Waals surface area contributed by atoms with E-state index in [9.17, 15) is 0 Å². The predicted octanol–water partition coefficient (Wildman–Crippen LogP) is 4.56. The van der Waals surface area contributed by atoms with Gasteiger partial charge in [0.25, 0.3) is 0 Å². The predicted molar refractivity (Wildman–Crippen MR) is 68.2 cm³/mol. The number of allylic oxidation sites excluding steroid dienone is 2. The third kappa shape index (κ3) is 3.91. The molecule has 1 aromatic carbocycles. The van der Waals surface area contributed by atoms with E-state index in [1.807, 2.05) is 0 Å². The Hall–Kier alpha value is -1.04. The topological polar surface area (TPSA) is 0 Å². The minimum Gasteiger partial charge on any atom is -0.0914 e. The Morgan fingerprint density at radius 1 is 1.07 bits per heavy atom. The average Bonchev–Trinajstić information content (AvgIpc) is 2.18. The minimum absolute atomic E-state index is 0.631. The van der Waals surface area contributed by atoms with E-state index < -0.39 is 0 Å². The second kappa shape index (κ2) is 5.75. The smallest absolute Gasteiger partial charge is 0.0218 e. The van der Waals surface area contributed by atoms with E-state index in [0.29, 0.717) is 11.8 Å². The largest absolute Gasteiger partial charge is 0.0914 e. The number of benzene rings is 1. The zero-order chi connectivity index (χ0) is 11.3. The van der Waals surface area contributed by atoms with Crippen LogP contribution in [0.1, 0.15) is 44.7 Å². The standard InChI is InChI=1S/C15H22/c1-5-6-13(4)11-14-7-9-15(10-8-14)12(2)3/h5-10,12-13H,11H2,1-4H3/b6-5+. The van der Waals surface area contributed by atoms with Gasteiger partial charge < -0.3 is 0 Å². The number of hydrogen-bond acceptors (Lipinski definition) is 0. The van der Waals surface area contributed by atoms with Crippen LogP contribution in [0.5, 0.6) is 0 Å². The zero-order valence-corrected chi connectivity index (χ0v) is 10.3. The van der Waals surface area contributed by atoms with Gasteiger partial charge in [0.1, 0.15) is 0 Å². The first-order chi connectivity index (χ1) is 7.13. The molecule has 15 heavy (non-hydrogen) atoms. The van der Waals surface area contributed by atoms with Crippen LogP contribution in [-0.4, -0.2) is 0 Å². The Morgan fingerprint density at radius 2 is 1.67 bits per heavy atom. The zero-order valence-electron chi connectivity index (χ0n) is 10.3. The van der Waals surface area contributed by atoms with Crippen LogP contribution in [0.3, 0.4) is 0 Å². The Morgan fingerprint density at radius 3 is 2.13 bits per heavy atom. The van der Waals surface area contributed by atoms with Gasteiger partial charge in [-0.2, -0.15) is 0 Å². The Labute approximate surface area is 94.0 Å². The fourth-order valence-electron chi connectivity index (χ4n) is 1.81. The van der Waals surface area contributed by atoms with Crippen molar-refractivity contribution in [2.24, 2.45) is 5.92 Å². The maximum absolute atomic E-state index is 2.26. The van der Waals surface area contributed by atoms with Gasteiger partial charge in [-0.1, -0.05) is 57.2 Å². The van der Waals surface area contributed by atoms with Crippen LogP contribution in [0, 0.1) is 5.92 Å². The van der Waals surface area contributed by atoms with E-state index >= 15 is 0 Å². The summed E-state index contributed by atoms with van der Waals surface area (Å²) in [6.45, 7) is 8.81. The molecule has 1 rings (SSSR count). The summed E-state index contributed by atoms with van der Waals surface area (Å²) in [7, 11) is 0. The molecule has 82 valence electrons. The molecule has 0 N–H and O–H groups in total. The van der Waals surface area contributed by atoms with Crippen LogP contribution in [0.25, 0.3) is 0 Å². The van der Waals surface area contributed by atoms with Crippen LogP contribution in [0.2, 0.25) is 0 Å². The number of rotatable bonds is 4. The molecule has 0 saturated carbocycles. The summed E-state index contributed by atoms with van der Waals surface area (Å²) < 4.78 is 0. The molecule has 0 aromatic heterocycles. The summed E-state index contributed by atoms with van der Waals surface area (Å²) >= 11 is 0. The second-order valence-electron chi connectivity index (χ2n) is 4.60. The molecule has 0 heteroatoms. The summed E-state index contributed by atoms with van der Waals surface area (Å²) in [5, 5.41) is 0. The molecular weight excluding hydrogens is 180 g/mol. The summed E-state index contributed by atoms with van der Waals surface area (Å²) in [6, 6.07) is 9.02. The highest BCUT2D eigenvalue weighted by atomic mass is 14.1. The summed E-state index contributed by atoms with van der Waals surface area (Å²) in [5.41, 5.74) is 2.86. The Kier molecular flexibility index (Phi) is 4.61. The summed E-state index contributed by atoms with van der Waals surface area (Å²) in [6.07, 6.45) is 5.53. The van der Waals surface area contributed by atoms with Gasteiger partial charge in [-0.05, 0) is 36.3 Å². The lowest BCUT2D eigenvalue weighted by Gasteiger charge is -2.09. The van der Waals surface area contributed by atoms with Gasteiger partial charge in [0.2, 0.25) is 0 Å². The highest BCUT2D eigenvalue weighted by Gasteiger charge is 2.01. The molecule has 0 bridgehead atoms. The van der Waals surface area contributed by atoms with Crippen molar-refractivity contribution in [3.63, 3.8) is 0 Å². The molecule has 0 saturated heterocycles. The van der Waals surface area contributed by atoms with Gasteiger partial charge in [0.05, 0.1) is 0 Å². The van der Waals surface area contributed by atoms with Crippen LogP contribution < -0.4 is 0 Å². The molecule has 0 heterocycles. The van der Waals surface area contributed by atoms with Crippen molar-refractivity contribution in [1.29, 1.82) is 0 Å². The lowest BCUT2D eigenvalue weighted by molar-refractivity contribution is 0.721. The van der Waals surface area contributed by atoms with Crippen molar-refractivity contribution >= 4 is 0 Å². The van der Waals surface area contributed by atoms with Crippen LogP contribution in [0.4, 0.5) is 0 Å². The maximum Gasteiger partial charge on any atom is -0.0218 e. The van der Waals surface area contributed by atoms with Crippen LogP contribution in [-0.2, 0) is 6.42 Å². The van der Waals surface area contributed by atoms with E-state index in [-0.39, 0.29) is 0 Å². The van der Waals surface area contributed by atoms with Gasteiger partial charge in [0.15, 0.2) is 0 Å². The lowest BCUT2D eigenvalue weighted by atomic mass is 9.97. The molecule has 1 unspecified atom stereocenters. The first-order valence-electron chi connectivity index (χ1n) is 5.85. The molecule has 0 aliphatic heterocycles. The van der Waals surface area contributed by atoms with E-state index in [4.69, 9.17) is 0 Å². The van der Waals surface area contributed by atoms with E-state index in [0.717, 1.165) is 6.42 Å². The first-order valence-corrected chi connectivity index (χ1v) is 5.85. The van der Waals surface area contributed by atoms with Crippen molar-refractivity contribution in [1.82, 2.24) is 0 Å². The molecule has 0 amide bonds. The molecule has 1 aromatic rings. The van der Waals surface area contributed by atoms with E-state index in [1.165, 1.54) is 11.1 Å². The Balaban J connectivity index is 2.64. The van der Waals surface area contributed by atoms with Crippen LogP contribution >= 0.6 is 0 Å². The van der Waals surface area contributed by atoms with Crippen LogP contribution in [0.15, 0.2) is 36.4 Å². The molecule has 0 nitrogen and oxygen atoms in total. The van der Waals surface area contributed by atoms with Crippen molar-refractivity contribution < 1.29 is 0 Å². The average molecular weight is 202 g/mol. The summed E-state index contributed by atoms with van der Waals surface area (Å²) in [5.74, 6) is 1.27. The van der Waals surface area contributed by atoms with Gasteiger partial charge in [-0.15, -0.1) is 0 Å². The fraction of sp³-hybridized carbons (Fsp3) is 0.467. The van der Waals surface area contributed by atoms with Gasteiger partial charge in [-0.3, -0.25) is 0 Å². The molecule has 0 aliphatic rings. The van der Waals surface area contributed by atoms with Gasteiger partial charge in [0, 0.05) is 0 Å². The third-order valence-corrected chi connectivity index (χ3v) is 2.73. The summed E-state index contributed by atoms with van der Waals surface area (Å²) in [4.78, 5) is 0. The molecule has 0 aliphatic carbocycles. The Bertz CT molecular complexity index is 303. The molecule has 0 radical (unpaired) electrons. The van der Waals surface area contributed by atoms with Gasteiger partial charge >= 0.3 is 0 Å². The maximum atomic E-state index is 2.26. The van der Waals surface area contributed by atoms with E-state index in [2.05, 4.69) is 64.1 Å². The quantitative estimate of drug-likeness (QED) is 0.628. The third-order valence-electron chi connectivity index (χ3n) is 2.73. The van der Waals surface area contributed by atoms with Crippen molar-refractivity contribution in [2.45, 2.75) is 40.0 Å². The van der Waals surface area contributed by atoms with Crippen molar-refractivity contribution in [3.8, 4) is 0 Å². The normalized spacial score (nSPS) is 13.7. The molecule has 1 atom stereocenters. The second-order valence-corrected chi connectivity index (χ2v) is 4.60. The van der Waals surface area contributed by atoms with Crippen molar-refractivity contribution in [3.05, 3.63) is 47.5 Å². The molecule has 0 spiro atoms. The number of hydrogen-bond donors (Lipinski definition) is 0. The fourth-order valence-corrected chi connectivity index (χ4v) is 1.81. The minimum atomic E-state index is 0.631. The monoisotopic (exact) mass is 202 g/mol.